The lowest BCUT2D eigenvalue weighted by atomic mass is 10.2. The maximum Gasteiger partial charge on any atom is 0.261 e. The standard InChI is InChI=1S/C21H18N2O2S2/c24-20(9-2-12-22-21(25)19-8-4-14-27-19)23-17-6-1-5-16(15-17)10-11-18-7-3-13-26-18/h1,3-8,13-15H,2,9,12H2,(H,22,25)(H,23,24). The third kappa shape index (κ3) is 6.10. The first kappa shape index (κ1) is 18.9. The van der Waals surface area contributed by atoms with Crippen LogP contribution < -0.4 is 10.6 Å². The zero-order valence-corrected chi connectivity index (χ0v) is 16.2. The maximum atomic E-state index is 12.1. The predicted octanol–water partition coefficient (Wildman–Crippen LogP) is 4.36. The third-order valence-corrected chi connectivity index (χ3v) is 5.26. The van der Waals surface area contributed by atoms with Crippen LogP contribution in [0.25, 0.3) is 0 Å². The fourth-order valence-electron chi connectivity index (χ4n) is 2.33. The molecule has 2 heterocycles. The van der Waals surface area contributed by atoms with E-state index >= 15 is 0 Å². The molecule has 2 N–H and O–H groups in total. The van der Waals surface area contributed by atoms with Crippen LogP contribution in [-0.2, 0) is 4.79 Å². The van der Waals surface area contributed by atoms with Gasteiger partial charge >= 0.3 is 0 Å². The number of thiophene rings is 2. The Bertz CT molecular complexity index is 952. The summed E-state index contributed by atoms with van der Waals surface area (Å²) in [4.78, 5) is 25.6. The van der Waals surface area contributed by atoms with Crippen LogP contribution in [0, 0.1) is 11.8 Å². The third-order valence-electron chi connectivity index (χ3n) is 3.61. The molecule has 27 heavy (non-hydrogen) atoms. The molecule has 0 aliphatic rings. The van der Waals surface area contributed by atoms with Crippen molar-refractivity contribution in [2.24, 2.45) is 0 Å². The van der Waals surface area contributed by atoms with Crippen molar-refractivity contribution >= 4 is 40.2 Å². The number of carbonyl (C=O) groups is 2. The molecule has 136 valence electrons. The molecule has 0 saturated heterocycles. The number of nitrogens with one attached hydrogen (secondary N) is 2. The average molecular weight is 395 g/mol. The molecule has 6 heteroatoms. The Labute approximate surface area is 166 Å². The molecular formula is C21H18N2O2S2. The van der Waals surface area contributed by atoms with E-state index in [1.165, 1.54) is 11.3 Å². The minimum atomic E-state index is -0.0950. The van der Waals surface area contributed by atoms with E-state index in [2.05, 4.69) is 22.5 Å². The Morgan fingerprint density at radius 1 is 0.963 bits per heavy atom. The Hall–Kier alpha value is -2.88. The lowest BCUT2D eigenvalue weighted by Gasteiger charge is -2.06. The van der Waals surface area contributed by atoms with Gasteiger partial charge in [-0.25, -0.2) is 0 Å². The molecule has 4 nitrogen and oxygen atoms in total. The highest BCUT2D eigenvalue weighted by Gasteiger charge is 2.06. The summed E-state index contributed by atoms with van der Waals surface area (Å²) in [7, 11) is 0. The van der Waals surface area contributed by atoms with Crippen molar-refractivity contribution in [3.8, 4) is 11.8 Å². The maximum absolute atomic E-state index is 12.1. The first-order valence-corrected chi connectivity index (χ1v) is 10.2. The second-order valence-corrected chi connectivity index (χ2v) is 7.59. The van der Waals surface area contributed by atoms with Crippen LogP contribution in [-0.4, -0.2) is 18.4 Å². The van der Waals surface area contributed by atoms with Gasteiger partial charge in [-0.15, -0.1) is 22.7 Å². The van der Waals surface area contributed by atoms with Crippen LogP contribution >= 0.6 is 22.7 Å². The van der Waals surface area contributed by atoms with Gasteiger partial charge in [0.1, 0.15) is 0 Å². The van der Waals surface area contributed by atoms with E-state index in [0.717, 1.165) is 16.1 Å². The molecule has 0 atom stereocenters. The van der Waals surface area contributed by atoms with E-state index in [1.807, 2.05) is 53.2 Å². The van der Waals surface area contributed by atoms with Gasteiger partial charge in [-0.3, -0.25) is 9.59 Å². The summed E-state index contributed by atoms with van der Waals surface area (Å²) in [5.41, 5.74) is 1.57. The molecule has 0 aliphatic carbocycles. The van der Waals surface area contributed by atoms with E-state index in [0.29, 0.717) is 24.3 Å². The molecule has 0 fully saturated rings. The van der Waals surface area contributed by atoms with E-state index in [1.54, 1.807) is 17.4 Å². The lowest BCUT2D eigenvalue weighted by molar-refractivity contribution is -0.116. The van der Waals surface area contributed by atoms with E-state index in [4.69, 9.17) is 0 Å². The van der Waals surface area contributed by atoms with Gasteiger partial charge in [-0.2, -0.15) is 0 Å². The molecule has 0 unspecified atom stereocenters. The summed E-state index contributed by atoms with van der Waals surface area (Å²) < 4.78 is 0. The molecule has 0 radical (unpaired) electrons. The summed E-state index contributed by atoms with van der Waals surface area (Å²) in [5.74, 6) is 6.03. The highest BCUT2D eigenvalue weighted by Crippen LogP contribution is 2.12. The highest BCUT2D eigenvalue weighted by atomic mass is 32.1. The molecule has 3 rings (SSSR count). The summed E-state index contributed by atoms with van der Waals surface area (Å²) in [5, 5.41) is 9.55. The number of rotatable bonds is 6. The normalized spacial score (nSPS) is 9.93. The van der Waals surface area contributed by atoms with Crippen LogP contribution in [0.3, 0.4) is 0 Å². The van der Waals surface area contributed by atoms with Gasteiger partial charge in [-0.1, -0.05) is 30.0 Å². The van der Waals surface area contributed by atoms with Crippen molar-refractivity contribution in [1.29, 1.82) is 0 Å². The molecular weight excluding hydrogens is 376 g/mol. The summed E-state index contributed by atoms with van der Waals surface area (Å²) in [6, 6.07) is 15.0. The van der Waals surface area contributed by atoms with Gasteiger partial charge in [-0.05, 0) is 47.5 Å². The van der Waals surface area contributed by atoms with E-state index in [9.17, 15) is 9.59 Å². The Kier molecular flexibility index (Phi) is 6.80. The van der Waals surface area contributed by atoms with Crippen molar-refractivity contribution in [1.82, 2.24) is 5.32 Å². The van der Waals surface area contributed by atoms with Crippen molar-refractivity contribution in [2.45, 2.75) is 12.8 Å². The molecule has 2 amide bonds. The second kappa shape index (κ2) is 9.72. The van der Waals surface area contributed by atoms with Crippen molar-refractivity contribution in [3.63, 3.8) is 0 Å². The number of hydrogen-bond donors (Lipinski definition) is 2. The average Bonchev–Trinajstić information content (AvgIpc) is 3.37. The van der Waals surface area contributed by atoms with Gasteiger partial charge in [0.15, 0.2) is 0 Å². The first-order valence-electron chi connectivity index (χ1n) is 8.48. The van der Waals surface area contributed by atoms with Crippen molar-refractivity contribution < 1.29 is 9.59 Å². The summed E-state index contributed by atoms with van der Waals surface area (Å²) in [6.07, 6.45) is 0.927. The Morgan fingerprint density at radius 3 is 2.59 bits per heavy atom. The zero-order valence-electron chi connectivity index (χ0n) is 14.5. The fraction of sp³-hybridized carbons (Fsp3) is 0.143. The second-order valence-electron chi connectivity index (χ2n) is 5.69. The van der Waals surface area contributed by atoms with Crippen molar-refractivity contribution in [3.05, 3.63) is 74.6 Å². The largest absolute Gasteiger partial charge is 0.351 e. The minimum absolute atomic E-state index is 0.0799. The fourth-order valence-corrected chi connectivity index (χ4v) is 3.54. The Balaban J connectivity index is 1.44. The van der Waals surface area contributed by atoms with Gasteiger partial charge in [0.2, 0.25) is 5.91 Å². The molecule has 0 spiro atoms. The first-order chi connectivity index (χ1) is 13.2. The van der Waals surface area contributed by atoms with Gasteiger partial charge < -0.3 is 10.6 Å². The zero-order chi connectivity index (χ0) is 18.9. The van der Waals surface area contributed by atoms with Crippen LogP contribution in [0.2, 0.25) is 0 Å². The van der Waals surface area contributed by atoms with Gasteiger partial charge in [0.05, 0.1) is 9.75 Å². The lowest BCUT2D eigenvalue weighted by Crippen LogP contribution is -2.24. The van der Waals surface area contributed by atoms with Gasteiger partial charge in [0, 0.05) is 24.2 Å². The number of carbonyl (C=O) groups excluding carboxylic acids is 2. The van der Waals surface area contributed by atoms with Crippen LogP contribution in [0.1, 0.15) is 33.0 Å². The highest BCUT2D eigenvalue weighted by molar-refractivity contribution is 7.12. The number of amides is 2. The number of hydrogen-bond acceptors (Lipinski definition) is 4. The summed E-state index contributed by atoms with van der Waals surface area (Å²) in [6.45, 7) is 0.469. The van der Waals surface area contributed by atoms with Crippen LogP contribution in [0.4, 0.5) is 5.69 Å². The smallest absolute Gasteiger partial charge is 0.261 e. The molecule has 3 aromatic rings. The minimum Gasteiger partial charge on any atom is -0.351 e. The van der Waals surface area contributed by atoms with E-state index in [-0.39, 0.29) is 11.8 Å². The monoisotopic (exact) mass is 394 g/mol. The molecule has 0 aliphatic heterocycles. The Morgan fingerprint density at radius 2 is 1.81 bits per heavy atom. The predicted molar refractivity (Wildman–Crippen MR) is 111 cm³/mol. The molecule has 2 aromatic heterocycles. The van der Waals surface area contributed by atoms with E-state index < -0.39 is 0 Å². The van der Waals surface area contributed by atoms with Crippen molar-refractivity contribution in [2.75, 3.05) is 11.9 Å². The molecule has 0 saturated carbocycles. The van der Waals surface area contributed by atoms with Crippen LogP contribution in [0.15, 0.2) is 59.3 Å². The summed E-state index contributed by atoms with van der Waals surface area (Å²) >= 11 is 3.00. The van der Waals surface area contributed by atoms with Crippen LogP contribution in [0.5, 0.6) is 0 Å². The van der Waals surface area contributed by atoms with Gasteiger partial charge in [0.25, 0.3) is 5.91 Å². The molecule has 1 aromatic carbocycles. The topological polar surface area (TPSA) is 58.2 Å². The SMILES string of the molecule is O=C(CCCNC(=O)c1cccs1)Nc1cccc(C#Cc2cccs2)c1. The number of benzene rings is 1. The molecule has 0 bridgehead atoms. The number of anilines is 1. The quantitative estimate of drug-likeness (QED) is 0.482.